The normalized spacial score (nSPS) is 16.2. The Kier molecular flexibility index (Phi) is 27.8. The third-order valence-corrected chi connectivity index (χ3v) is 28.1. The SMILES string of the molecule is CC(=O)c1cnc(Nc2ccc(N3CCN(C)CC3)cc2)nc1Cc1cccc(CS(=O)(=O)C(C)(C)C)c1.Cc1ccc(Cc2nc(Nc3ccc(C(=O)NC4CCN(C)CC4)c(F)c3)ncc2C)cc1S(=O)(=O)NC1CCC1.Cc1ccc(Cc2nc(Nc3ccc(N4CCN(C)CC4)cc3)ncc2C)cc1S(=O)(=O)NC1CCC1. The van der Waals surface area contributed by atoms with E-state index in [-0.39, 0.29) is 46.1 Å². The van der Waals surface area contributed by atoms with Crippen LogP contribution in [-0.2, 0) is 54.9 Å². The van der Waals surface area contributed by atoms with Crippen LogP contribution < -0.4 is 40.5 Å². The molecule has 9 aromatic rings. The zero-order valence-corrected chi connectivity index (χ0v) is 70.9. The highest BCUT2D eigenvalue weighted by Gasteiger charge is 2.31. The highest BCUT2D eigenvalue weighted by atomic mass is 32.2. The molecule has 3 aromatic heterocycles. The number of sulfone groups is 1. The van der Waals surface area contributed by atoms with Gasteiger partial charge >= 0.3 is 0 Å². The molecular formula is C87H110FN17O8S3. The summed E-state index contributed by atoms with van der Waals surface area (Å²) in [7, 11) is -4.11. The molecule has 0 radical (unpaired) electrons. The first-order valence-corrected chi connectivity index (χ1v) is 44.6. The molecule has 2 saturated carbocycles. The maximum Gasteiger partial charge on any atom is 0.254 e. The summed E-state index contributed by atoms with van der Waals surface area (Å²) < 4.78 is 97.1. The molecule has 25 nitrogen and oxygen atoms in total. The lowest BCUT2D eigenvalue weighted by Crippen LogP contribution is -2.44. The van der Waals surface area contributed by atoms with E-state index < -0.39 is 46.4 Å². The molecule has 29 heteroatoms. The minimum Gasteiger partial charge on any atom is -0.369 e. The lowest BCUT2D eigenvalue weighted by atomic mass is 9.94. The minimum atomic E-state index is -3.61. The van der Waals surface area contributed by atoms with Crippen LogP contribution >= 0.6 is 0 Å². The van der Waals surface area contributed by atoms with Crippen LogP contribution in [-0.4, -0.2) is 191 Å². The summed E-state index contributed by atoms with van der Waals surface area (Å²) in [5.41, 5.74) is 13.8. The maximum absolute atomic E-state index is 14.9. The Bertz CT molecular complexity index is 5320. The van der Waals surface area contributed by atoms with E-state index >= 15 is 0 Å². The largest absolute Gasteiger partial charge is 0.369 e. The quantitative estimate of drug-likeness (QED) is 0.0290. The molecule has 0 spiro atoms. The van der Waals surface area contributed by atoms with E-state index in [1.807, 2.05) is 94.7 Å². The highest BCUT2D eigenvalue weighted by molar-refractivity contribution is 7.92. The van der Waals surface area contributed by atoms with Crippen molar-refractivity contribution in [1.82, 2.24) is 59.4 Å². The number of nitrogens with one attached hydrogen (secondary N) is 6. The summed E-state index contributed by atoms with van der Waals surface area (Å²) in [6, 6.07) is 39.5. The van der Waals surface area contributed by atoms with E-state index in [0.717, 1.165) is 179 Å². The van der Waals surface area contributed by atoms with E-state index in [1.54, 1.807) is 58.3 Å². The van der Waals surface area contributed by atoms with Gasteiger partial charge in [-0.1, -0.05) is 61.4 Å². The first kappa shape index (κ1) is 85.6. The van der Waals surface area contributed by atoms with Gasteiger partial charge in [-0.15, -0.1) is 0 Å². The Morgan fingerprint density at radius 1 is 0.448 bits per heavy atom. The van der Waals surface area contributed by atoms with Crippen molar-refractivity contribution in [2.75, 3.05) is 112 Å². The third-order valence-electron chi connectivity index (χ3n) is 22.2. The fourth-order valence-electron chi connectivity index (χ4n) is 14.1. The van der Waals surface area contributed by atoms with Crippen LogP contribution in [0.25, 0.3) is 0 Å². The Balaban J connectivity index is 0.000000161. The number of carbonyl (C=O) groups excluding carboxylic acids is 2. The van der Waals surface area contributed by atoms with Crippen LogP contribution in [0, 0.1) is 33.5 Å². The van der Waals surface area contributed by atoms with Gasteiger partial charge in [-0.3, -0.25) is 9.59 Å². The van der Waals surface area contributed by atoms with Gasteiger partial charge in [-0.2, -0.15) is 0 Å². The smallest absolute Gasteiger partial charge is 0.254 e. The van der Waals surface area contributed by atoms with Gasteiger partial charge < -0.3 is 45.8 Å². The van der Waals surface area contributed by atoms with Crippen molar-refractivity contribution < 1.29 is 39.2 Å². The van der Waals surface area contributed by atoms with Gasteiger partial charge in [0.15, 0.2) is 15.6 Å². The van der Waals surface area contributed by atoms with Gasteiger partial charge in [0.05, 0.1) is 48.5 Å². The molecule has 616 valence electrons. The second kappa shape index (κ2) is 37.7. The van der Waals surface area contributed by atoms with Crippen molar-refractivity contribution in [3.63, 3.8) is 0 Å². The molecule has 6 N–H and O–H groups in total. The number of piperidine rings is 1. The molecule has 1 amide bonds. The molecule has 6 heterocycles. The summed E-state index contributed by atoms with van der Waals surface area (Å²) >= 11 is 0. The number of carbonyl (C=O) groups is 2. The number of amides is 1. The summed E-state index contributed by atoms with van der Waals surface area (Å²) in [6.07, 6.45) is 13.7. The summed E-state index contributed by atoms with van der Waals surface area (Å²) in [4.78, 5) is 64.5. The molecule has 6 aromatic carbocycles. The minimum absolute atomic E-state index is 0.00285. The van der Waals surface area contributed by atoms with E-state index in [0.29, 0.717) is 58.6 Å². The monoisotopic (exact) mass is 1640 g/mol. The van der Waals surface area contributed by atoms with E-state index in [2.05, 4.69) is 131 Å². The first-order chi connectivity index (χ1) is 55.2. The molecular weight excluding hydrogens is 1530 g/mol. The number of halogens is 1. The van der Waals surface area contributed by atoms with Gasteiger partial charge in [0.1, 0.15) is 5.82 Å². The Hall–Kier alpha value is -9.72. The van der Waals surface area contributed by atoms with Crippen molar-refractivity contribution in [2.45, 2.75) is 164 Å². The molecule has 3 saturated heterocycles. The molecule has 14 rings (SSSR count). The van der Waals surface area contributed by atoms with Gasteiger partial charge in [-0.05, 0) is 252 Å². The first-order valence-electron chi connectivity index (χ1n) is 40.0. The van der Waals surface area contributed by atoms with E-state index in [1.165, 1.54) is 30.4 Å². The highest BCUT2D eigenvalue weighted by Crippen LogP contribution is 2.31. The third kappa shape index (κ3) is 22.9. The number of rotatable bonds is 25. The molecule has 2 aliphatic carbocycles. The topological polar surface area (TPSA) is 302 Å². The lowest BCUT2D eigenvalue weighted by Gasteiger charge is -2.34. The number of sulfonamides is 2. The van der Waals surface area contributed by atoms with Gasteiger partial charge in [0.25, 0.3) is 5.91 Å². The number of hydrogen-bond donors (Lipinski definition) is 6. The van der Waals surface area contributed by atoms with Crippen molar-refractivity contribution in [2.24, 2.45) is 0 Å². The van der Waals surface area contributed by atoms with Crippen molar-refractivity contribution in [3.8, 4) is 0 Å². The Labute approximate surface area is 683 Å². The van der Waals surface area contributed by atoms with Crippen LogP contribution in [0.3, 0.4) is 0 Å². The van der Waals surface area contributed by atoms with E-state index in [9.17, 15) is 39.2 Å². The number of likely N-dealkylation sites (N-methyl/N-ethyl adjacent to an activating group) is 2. The number of aryl methyl sites for hydroxylation is 4. The van der Waals surface area contributed by atoms with Crippen LogP contribution in [0.4, 0.5) is 50.7 Å². The zero-order chi connectivity index (χ0) is 82.6. The average Bonchev–Trinajstić information content (AvgIpc) is 0.805. The Morgan fingerprint density at radius 2 is 0.862 bits per heavy atom. The average molecular weight is 1640 g/mol. The number of hydrogen-bond acceptors (Lipinski definition) is 22. The van der Waals surface area contributed by atoms with Crippen LogP contribution in [0.1, 0.15) is 161 Å². The second-order valence-electron chi connectivity index (χ2n) is 32.5. The van der Waals surface area contributed by atoms with Crippen LogP contribution in [0.5, 0.6) is 0 Å². The molecule has 0 unspecified atom stereocenters. The molecule has 5 aliphatic rings. The predicted octanol–water partition coefficient (Wildman–Crippen LogP) is 12.7. The number of piperazine rings is 2. The van der Waals surface area contributed by atoms with E-state index in [4.69, 9.17) is 4.98 Å². The number of Topliss-reactive ketones (excluding diaryl/α,β-unsaturated/α-hetero) is 1. The van der Waals surface area contributed by atoms with Gasteiger partial charge in [0.2, 0.25) is 37.9 Å². The lowest BCUT2D eigenvalue weighted by molar-refractivity contribution is 0.0912. The summed E-state index contributed by atoms with van der Waals surface area (Å²) in [5, 5.41) is 12.5. The molecule has 0 bridgehead atoms. The second-order valence-corrected chi connectivity index (χ2v) is 38.6. The number of likely N-dealkylation sites (tertiary alicyclic amines) is 1. The molecule has 0 atom stereocenters. The number of nitrogens with zero attached hydrogens (tertiary/aromatic N) is 11. The predicted molar refractivity (Wildman–Crippen MR) is 458 cm³/mol. The number of anilines is 8. The van der Waals surface area contributed by atoms with Gasteiger partial charge in [0, 0.05) is 137 Å². The zero-order valence-electron chi connectivity index (χ0n) is 68.4. The van der Waals surface area contributed by atoms with Crippen molar-refractivity contribution in [1.29, 1.82) is 0 Å². The molecule has 116 heavy (non-hydrogen) atoms. The fourth-order valence-corrected chi connectivity index (χ4v) is 18.4. The maximum atomic E-state index is 14.9. The van der Waals surface area contributed by atoms with Gasteiger partial charge in [-0.25, -0.2) is 69.0 Å². The van der Waals surface area contributed by atoms with Crippen LogP contribution in [0.2, 0.25) is 0 Å². The molecule has 5 fully saturated rings. The number of ketones is 1. The molecule has 3 aliphatic heterocycles. The summed E-state index contributed by atoms with van der Waals surface area (Å²) in [6.45, 7) is 24.3. The summed E-state index contributed by atoms with van der Waals surface area (Å²) in [5.74, 6) is 0.0134. The van der Waals surface area contributed by atoms with Crippen molar-refractivity contribution in [3.05, 3.63) is 225 Å². The standard InChI is InChI=1S/C30H37FN6O3S.C29H37N5O3S.C28H36N6O2S/c1-19-7-8-21(16-28(19)41(39,40)36-23-5-4-6-23)15-27-20(2)18-32-30(35-27)34-24-9-10-25(26(31)17-24)29(38)33-22-11-13-37(3)14-12-22;1-21(35)26-19-30-28(31-24-9-11-25(12-10-24)34-15-13-33(5)14-16-34)32-27(26)18-22-7-6-8-23(17-22)20-38(36,37)29(2,3)4;1-20-7-8-22(18-27(20)37(35,36)32-24-5-4-6-24)17-26-21(2)19-29-28(31-26)30-23-9-11-25(12-10-23)34-15-13-33(3)14-16-34/h7-10,16-18,22-23,36H,4-6,11-15H2,1-3H3,(H,33,38)(H,32,34,35);6-12,17,19H,13-16,18,20H2,1-5H3,(H,30,31,32);7-12,18-19,24,32H,4-6,13-17H2,1-3H3,(H,29,30,31). The van der Waals surface area contributed by atoms with Crippen LogP contribution in [0.15, 0.2) is 156 Å². The number of benzene rings is 6. The number of aromatic nitrogens is 6. The Morgan fingerprint density at radius 3 is 1.30 bits per heavy atom. The fraction of sp³-hybridized carbons (Fsp3) is 0.425. The van der Waals surface area contributed by atoms with Crippen molar-refractivity contribution >= 4 is 87.9 Å².